The molecule has 0 bridgehead atoms. The monoisotopic (exact) mass is 474 g/mol. The van der Waals surface area contributed by atoms with E-state index in [1.165, 1.54) is 0 Å². The zero-order valence-electron chi connectivity index (χ0n) is 21.0. The summed E-state index contributed by atoms with van der Waals surface area (Å²) in [5.74, 6) is -1.36. The highest BCUT2D eigenvalue weighted by Crippen LogP contribution is 2.36. The summed E-state index contributed by atoms with van der Waals surface area (Å²) in [6, 6.07) is 6.95. The van der Waals surface area contributed by atoms with Crippen molar-refractivity contribution < 1.29 is 23.9 Å². The van der Waals surface area contributed by atoms with Crippen molar-refractivity contribution in [3.8, 4) is 0 Å². The van der Waals surface area contributed by atoms with Crippen LogP contribution in [0.25, 0.3) is 0 Å². The maximum atomic E-state index is 13.8. The smallest absolute Gasteiger partial charge is 0.408 e. The SMILES string of the molecule is CC(C)(C)NC(=O)C(c1ccccc1)N(C(=O)C(CCC(N)=O)NC(=O)OC(C)(C)C)C1CC1. The van der Waals surface area contributed by atoms with Crippen molar-refractivity contribution in [2.24, 2.45) is 5.73 Å². The first-order valence-electron chi connectivity index (χ1n) is 11.6. The number of nitrogens with one attached hydrogen (secondary N) is 2. The first-order chi connectivity index (χ1) is 15.7. The van der Waals surface area contributed by atoms with Crippen molar-refractivity contribution in [2.45, 2.75) is 96.5 Å². The molecule has 0 saturated heterocycles. The van der Waals surface area contributed by atoms with E-state index in [9.17, 15) is 19.2 Å². The van der Waals surface area contributed by atoms with Gasteiger partial charge in [0.25, 0.3) is 0 Å². The Morgan fingerprint density at radius 1 is 1.06 bits per heavy atom. The Balaban J connectivity index is 2.42. The third kappa shape index (κ3) is 8.68. The molecule has 188 valence electrons. The molecule has 9 nitrogen and oxygen atoms in total. The number of benzene rings is 1. The fourth-order valence-corrected chi connectivity index (χ4v) is 3.56. The molecular weight excluding hydrogens is 436 g/mol. The molecule has 0 radical (unpaired) electrons. The summed E-state index contributed by atoms with van der Waals surface area (Å²) in [5.41, 5.74) is 4.70. The van der Waals surface area contributed by atoms with Crippen LogP contribution in [0.3, 0.4) is 0 Å². The second kappa shape index (κ2) is 10.9. The van der Waals surface area contributed by atoms with Gasteiger partial charge in [0.15, 0.2) is 0 Å². The van der Waals surface area contributed by atoms with Crippen LogP contribution >= 0.6 is 0 Å². The summed E-state index contributed by atoms with van der Waals surface area (Å²) in [5, 5.41) is 5.57. The van der Waals surface area contributed by atoms with Crippen molar-refractivity contribution in [1.82, 2.24) is 15.5 Å². The van der Waals surface area contributed by atoms with Gasteiger partial charge in [0.2, 0.25) is 17.7 Å². The molecule has 0 heterocycles. The predicted octanol–water partition coefficient (Wildman–Crippen LogP) is 2.79. The Morgan fingerprint density at radius 2 is 1.65 bits per heavy atom. The Morgan fingerprint density at radius 3 is 2.12 bits per heavy atom. The third-order valence-corrected chi connectivity index (χ3v) is 5.00. The molecule has 1 aliphatic rings. The van der Waals surface area contributed by atoms with Crippen LogP contribution in [0.4, 0.5) is 4.79 Å². The van der Waals surface area contributed by atoms with Crippen LogP contribution in [0.1, 0.15) is 78.8 Å². The number of carbonyl (C=O) groups is 4. The molecule has 1 aromatic rings. The number of hydrogen-bond acceptors (Lipinski definition) is 5. The van der Waals surface area contributed by atoms with Gasteiger partial charge in [0.1, 0.15) is 17.7 Å². The second-order valence-corrected chi connectivity index (χ2v) is 10.7. The molecule has 0 spiro atoms. The van der Waals surface area contributed by atoms with Gasteiger partial charge in [0, 0.05) is 18.0 Å². The van der Waals surface area contributed by atoms with E-state index in [0.29, 0.717) is 5.56 Å². The van der Waals surface area contributed by atoms with E-state index >= 15 is 0 Å². The molecule has 2 unspecified atom stereocenters. The number of alkyl carbamates (subject to hydrolysis) is 1. The molecule has 1 fully saturated rings. The number of rotatable bonds is 9. The summed E-state index contributed by atoms with van der Waals surface area (Å²) in [7, 11) is 0. The van der Waals surface area contributed by atoms with Crippen LogP contribution in [-0.2, 0) is 19.1 Å². The van der Waals surface area contributed by atoms with E-state index in [1.807, 2.05) is 39.0 Å². The largest absolute Gasteiger partial charge is 0.444 e. The summed E-state index contributed by atoms with van der Waals surface area (Å²) < 4.78 is 5.32. The predicted molar refractivity (Wildman–Crippen MR) is 129 cm³/mol. The Kier molecular flexibility index (Phi) is 8.69. The molecule has 4 amide bonds. The summed E-state index contributed by atoms with van der Waals surface area (Å²) in [4.78, 5) is 52.8. The van der Waals surface area contributed by atoms with Gasteiger partial charge in [-0.3, -0.25) is 14.4 Å². The summed E-state index contributed by atoms with van der Waals surface area (Å²) in [6.45, 7) is 10.8. The number of nitrogens with two attached hydrogens (primary N) is 1. The van der Waals surface area contributed by atoms with E-state index in [1.54, 1.807) is 37.8 Å². The zero-order chi connectivity index (χ0) is 25.7. The lowest BCUT2D eigenvalue weighted by Gasteiger charge is -2.36. The van der Waals surface area contributed by atoms with Crippen LogP contribution in [0.5, 0.6) is 0 Å². The van der Waals surface area contributed by atoms with Crippen molar-refractivity contribution in [2.75, 3.05) is 0 Å². The van der Waals surface area contributed by atoms with E-state index in [2.05, 4.69) is 10.6 Å². The minimum atomic E-state index is -1.07. The number of primary amides is 1. The molecule has 1 aliphatic carbocycles. The first kappa shape index (κ1) is 27.1. The number of amides is 4. The van der Waals surface area contributed by atoms with Crippen LogP contribution in [0.2, 0.25) is 0 Å². The third-order valence-electron chi connectivity index (χ3n) is 5.00. The molecule has 1 saturated carbocycles. The Hall–Kier alpha value is -3.10. The van der Waals surface area contributed by atoms with Gasteiger partial charge in [-0.15, -0.1) is 0 Å². The van der Waals surface area contributed by atoms with Gasteiger partial charge in [-0.25, -0.2) is 4.79 Å². The summed E-state index contributed by atoms with van der Waals surface area (Å²) in [6.07, 6.45) is 0.606. The topological polar surface area (TPSA) is 131 Å². The van der Waals surface area contributed by atoms with Crippen LogP contribution in [-0.4, -0.2) is 51.9 Å². The molecule has 2 atom stereocenters. The number of ether oxygens (including phenoxy) is 1. The maximum Gasteiger partial charge on any atom is 0.408 e. The molecular formula is C25H38N4O5. The fourth-order valence-electron chi connectivity index (χ4n) is 3.56. The lowest BCUT2D eigenvalue weighted by Crippen LogP contribution is -2.55. The lowest BCUT2D eigenvalue weighted by molar-refractivity contribution is -0.144. The highest BCUT2D eigenvalue weighted by molar-refractivity contribution is 5.93. The molecule has 0 aliphatic heterocycles. The highest BCUT2D eigenvalue weighted by Gasteiger charge is 2.44. The molecule has 2 rings (SSSR count). The second-order valence-electron chi connectivity index (χ2n) is 10.7. The van der Waals surface area contributed by atoms with Crippen LogP contribution in [0, 0.1) is 0 Å². The van der Waals surface area contributed by atoms with Crippen molar-refractivity contribution in [1.29, 1.82) is 0 Å². The van der Waals surface area contributed by atoms with E-state index in [-0.39, 0.29) is 24.8 Å². The van der Waals surface area contributed by atoms with Gasteiger partial charge in [-0.2, -0.15) is 0 Å². The molecule has 34 heavy (non-hydrogen) atoms. The molecule has 0 aromatic heterocycles. The van der Waals surface area contributed by atoms with Gasteiger partial charge in [0.05, 0.1) is 0 Å². The van der Waals surface area contributed by atoms with E-state index in [0.717, 1.165) is 12.8 Å². The van der Waals surface area contributed by atoms with Crippen LogP contribution in [0.15, 0.2) is 30.3 Å². The number of carbonyl (C=O) groups excluding carboxylic acids is 4. The van der Waals surface area contributed by atoms with Crippen molar-refractivity contribution in [3.63, 3.8) is 0 Å². The minimum Gasteiger partial charge on any atom is -0.444 e. The van der Waals surface area contributed by atoms with Crippen molar-refractivity contribution >= 4 is 23.8 Å². The van der Waals surface area contributed by atoms with Gasteiger partial charge in [-0.05, 0) is 66.4 Å². The van der Waals surface area contributed by atoms with E-state index in [4.69, 9.17) is 10.5 Å². The molecule has 4 N–H and O–H groups in total. The average Bonchev–Trinajstić information content (AvgIpc) is 3.51. The van der Waals surface area contributed by atoms with Gasteiger partial charge < -0.3 is 26.0 Å². The number of hydrogen-bond donors (Lipinski definition) is 3. The lowest BCUT2D eigenvalue weighted by atomic mass is 9.99. The molecule has 1 aromatic carbocycles. The average molecular weight is 475 g/mol. The maximum absolute atomic E-state index is 13.8. The highest BCUT2D eigenvalue weighted by atomic mass is 16.6. The normalized spacial score (nSPS) is 15.6. The van der Waals surface area contributed by atoms with Gasteiger partial charge in [-0.1, -0.05) is 30.3 Å². The van der Waals surface area contributed by atoms with E-state index < -0.39 is 41.1 Å². The molecule has 9 heteroatoms. The zero-order valence-corrected chi connectivity index (χ0v) is 21.0. The number of nitrogens with zero attached hydrogens (tertiary/aromatic N) is 1. The first-order valence-corrected chi connectivity index (χ1v) is 11.6. The fraction of sp³-hybridized carbons (Fsp3) is 0.600. The Bertz CT molecular complexity index is 885. The summed E-state index contributed by atoms with van der Waals surface area (Å²) >= 11 is 0. The quantitative estimate of drug-likeness (QED) is 0.506. The Labute approximate surface area is 201 Å². The standard InChI is InChI=1S/C25H38N4O5/c1-24(2,3)28-21(31)20(16-10-8-7-9-11-16)29(17-12-13-17)22(32)18(14-15-19(26)30)27-23(33)34-25(4,5)6/h7-11,17-18,20H,12-15H2,1-6H3,(H2,26,30)(H,27,33)(H,28,31). The van der Waals surface area contributed by atoms with Gasteiger partial charge >= 0.3 is 6.09 Å². The minimum absolute atomic E-state index is 0.000963. The van der Waals surface area contributed by atoms with Crippen molar-refractivity contribution in [3.05, 3.63) is 35.9 Å². The van der Waals surface area contributed by atoms with Crippen LogP contribution < -0.4 is 16.4 Å².